The molecule has 104 valence electrons. The molecule has 4 nitrogen and oxygen atoms in total. The van der Waals surface area contributed by atoms with Crippen molar-refractivity contribution in [3.8, 4) is 0 Å². The maximum atomic E-state index is 11.9. The van der Waals surface area contributed by atoms with Crippen LogP contribution in [0, 0.1) is 0 Å². The summed E-state index contributed by atoms with van der Waals surface area (Å²) < 4.78 is 41.9. The number of nitrogens with zero attached hydrogens (tertiary/aromatic N) is 2. The van der Waals surface area contributed by atoms with Crippen molar-refractivity contribution in [1.29, 1.82) is 0 Å². The number of benzene rings is 1. The van der Waals surface area contributed by atoms with E-state index < -0.39 is 12.8 Å². The molecular weight excluding hydrogens is 283 g/mol. The normalized spacial score (nSPS) is 12.2. The number of nitrogens with two attached hydrogens (primary N) is 1. The van der Waals surface area contributed by atoms with Crippen LogP contribution in [0.5, 0.6) is 0 Å². The average Bonchev–Trinajstić information content (AvgIpc) is 2.62. The number of nitrogen functional groups attached to an aromatic ring is 1. The molecule has 2 rings (SSSR count). The van der Waals surface area contributed by atoms with Gasteiger partial charge in [0.1, 0.15) is 12.1 Å². The first-order valence-corrected chi connectivity index (χ1v) is 5.81. The number of rotatable bonds is 4. The van der Waals surface area contributed by atoms with E-state index >= 15 is 0 Å². The van der Waals surface area contributed by atoms with Crippen molar-refractivity contribution in [2.75, 3.05) is 18.9 Å². The van der Waals surface area contributed by atoms with Crippen molar-refractivity contribution in [3.63, 3.8) is 0 Å². The number of anilines is 1. The van der Waals surface area contributed by atoms with E-state index in [0.29, 0.717) is 16.1 Å². The van der Waals surface area contributed by atoms with Gasteiger partial charge in [-0.3, -0.25) is 0 Å². The van der Waals surface area contributed by atoms with Crippen LogP contribution in [-0.2, 0) is 11.3 Å². The van der Waals surface area contributed by atoms with Gasteiger partial charge in [-0.25, -0.2) is 4.98 Å². The lowest BCUT2D eigenvalue weighted by Gasteiger charge is -2.09. The van der Waals surface area contributed by atoms with Crippen molar-refractivity contribution < 1.29 is 17.9 Å². The van der Waals surface area contributed by atoms with E-state index in [9.17, 15) is 13.2 Å². The highest BCUT2D eigenvalue weighted by Crippen LogP contribution is 2.24. The molecular formula is C11H11ClF3N3O. The number of para-hydroxylation sites is 1. The van der Waals surface area contributed by atoms with Crippen LogP contribution in [0.25, 0.3) is 11.0 Å². The molecule has 0 atom stereocenters. The van der Waals surface area contributed by atoms with E-state index in [4.69, 9.17) is 17.3 Å². The van der Waals surface area contributed by atoms with Gasteiger partial charge >= 0.3 is 6.18 Å². The first kappa shape index (κ1) is 14.0. The van der Waals surface area contributed by atoms with Crippen LogP contribution in [0.15, 0.2) is 18.2 Å². The van der Waals surface area contributed by atoms with Crippen molar-refractivity contribution in [2.45, 2.75) is 12.7 Å². The minimum absolute atomic E-state index is 0.109. The Morgan fingerprint density at radius 2 is 2.11 bits per heavy atom. The standard InChI is InChI=1S/C11H11ClF3N3O/c12-7-2-1-3-8-9(7)17-10(16)18(8)4-5-19-6-11(13,14)15/h1-3H,4-6H2,(H2,16,17). The minimum atomic E-state index is -4.33. The highest BCUT2D eigenvalue weighted by Gasteiger charge is 2.27. The van der Waals surface area contributed by atoms with Crippen LogP contribution in [0.2, 0.25) is 5.02 Å². The highest BCUT2D eigenvalue weighted by molar-refractivity contribution is 6.35. The van der Waals surface area contributed by atoms with Gasteiger partial charge in [0.15, 0.2) is 0 Å². The highest BCUT2D eigenvalue weighted by atomic mass is 35.5. The summed E-state index contributed by atoms with van der Waals surface area (Å²) in [5.41, 5.74) is 6.90. The Kier molecular flexibility index (Phi) is 3.86. The van der Waals surface area contributed by atoms with E-state index in [2.05, 4.69) is 9.72 Å². The topological polar surface area (TPSA) is 53.1 Å². The zero-order valence-corrected chi connectivity index (χ0v) is 10.5. The summed E-state index contributed by atoms with van der Waals surface area (Å²) in [6.45, 7) is -1.21. The summed E-state index contributed by atoms with van der Waals surface area (Å²) in [5, 5.41) is 0.444. The molecule has 0 aliphatic rings. The molecule has 0 unspecified atom stereocenters. The molecule has 0 saturated heterocycles. The Labute approximate surface area is 111 Å². The van der Waals surface area contributed by atoms with Crippen LogP contribution in [0.3, 0.4) is 0 Å². The second-order valence-corrected chi connectivity index (χ2v) is 4.30. The first-order chi connectivity index (χ1) is 8.88. The molecule has 0 amide bonds. The summed E-state index contributed by atoms with van der Waals surface area (Å²) in [6, 6.07) is 5.13. The molecule has 2 N–H and O–H groups in total. The Morgan fingerprint density at radius 1 is 1.37 bits per heavy atom. The van der Waals surface area contributed by atoms with Gasteiger partial charge in [0.05, 0.1) is 17.1 Å². The Morgan fingerprint density at radius 3 is 2.79 bits per heavy atom. The van der Waals surface area contributed by atoms with Crippen LogP contribution >= 0.6 is 11.6 Å². The zero-order valence-electron chi connectivity index (χ0n) is 9.75. The molecule has 1 heterocycles. The molecule has 8 heteroatoms. The van der Waals surface area contributed by atoms with Gasteiger partial charge in [-0.1, -0.05) is 17.7 Å². The van der Waals surface area contributed by atoms with Gasteiger partial charge < -0.3 is 15.0 Å². The minimum Gasteiger partial charge on any atom is -0.370 e. The van der Waals surface area contributed by atoms with Crippen LogP contribution in [-0.4, -0.2) is 28.9 Å². The lowest BCUT2D eigenvalue weighted by molar-refractivity contribution is -0.174. The van der Waals surface area contributed by atoms with Crippen molar-refractivity contribution >= 4 is 28.6 Å². The first-order valence-electron chi connectivity index (χ1n) is 5.43. The third-order valence-electron chi connectivity index (χ3n) is 2.48. The number of ether oxygens (including phenoxy) is 1. The Balaban J connectivity index is 2.09. The van der Waals surface area contributed by atoms with E-state index in [0.717, 1.165) is 0 Å². The van der Waals surface area contributed by atoms with Gasteiger partial charge in [-0.15, -0.1) is 0 Å². The fourth-order valence-corrected chi connectivity index (χ4v) is 1.92. The number of halogens is 4. The number of aromatic nitrogens is 2. The lowest BCUT2D eigenvalue weighted by Crippen LogP contribution is -2.19. The Hall–Kier alpha value is -1.47. The molecule has 2 aromatic rings. The summed E-state index contributed by atoms with van der Waals surface area (Å²) in [7, 11) is 0. The second-order valence-electron chi connectivity index (χ2n) is 3.90. The molecule has 0 bridgehead atoms. The fraction of sp³-hybridized carbons (Fsp3) is 0.364. The monoisotopic (exact) mass is 293 g/mol. The summed E-state index contributed by atoms with van der Waals surface area (Å²) in [4.78, 5) is 4.07. The zero-order chi connectivity index (χ0) is 14.0. The van der Waals surface area contributed by atoms with Gasteiger partial charge in [0, 0.05) is 6.54 Å². The molecule has 0 radical (unpaired) electrons. The molecule has 19 heavy (non-hydrogen) atoms. The van der Waals surface area contributed by atoms with Crippen molar-refractivity contribution in [3.05, 3.63) is 23.2 Å². The van der Waals surface area contributed by atoms with E-state index in [1.54, 1.807) is 22.8 Å². The van der Waals surface area contributed by atoms with Gasteiger partial charge in [-0.2, -0.15) is 13.2 Å². The van der Waals surface area contributed by atoms with Crippen LogP contribution < -0.4 is 5.73 Å². The van der Waals surface area contributed by atoms with Gasteiger partial charge in [0.2, 0.25) is 5.95 Å². The van der Waals surface area contributed by atoms with Crippen LogP contribution in [0.4, 0.5) is 19.1 Å². The number of hydrogen-bond donors (Lipinski definition) is 1. The predicted octanol–water partition coefficient (Wildman–Crippen LogP) is 2.85. The van der Waals surface area contributed by atoms with E-state index in [1.807, 2.05) is 0 Å². The second kappa shape index (κ2) is 5.26. The van der Waals surface area contributed by atoms with Crippen molar-refractivity contribution in [1.82, 2.24) is 9.55 Å². The molecule has 0 aliphatic carbocycles. The third kappa shape index (κ3) is 3.30. The molecule has 0 saturated carbocycles. The quantitative estimate of drug-likeness (QED) is 0.882. The molecule has 0 aliphatic heterocycles. The van der Waals surface area contributed by atoms with Gasteiger partial charge in [-0.05, 0) is 12.1 Å². The average molecular weight is 294 g/mol. The van der Waals surface area contributed by atoms with Crippen molar-refractivity contribution in [2.24, 2.45) is 0 Å². The van der Waals surface area contributed by atoms with E-state index in [1.165, 1.54) is 0 Å². The van der Waals surface area contributed by atoms with Crippen LogP contribution in [0.1, 0.15) is 0 Å². The number of imidazole rings is 1. The number of fused-ring (bicyclic) bond motifs is 1. The Bertz CT molecular complexity index is 582. The summed E-state index contributed by atoms with van der Waals surface area (Å²) >= 11 is 5.95. The molecule has 1 aromatic heterocycles. The summed E-state index contributed by atoms with van der Waals surface area (Å²) in [6.07, 6.45) is -4.33. The fourth-order valence-electron chi connectivity index (χ4n) is 1.71. The molecule has 0 fully saturated rings. The third-order valence-corrected chi connectivity index (χ3v) is 2.79. The maximum Gasteiger partial charge on any atom is 0.411 e. The predicted molar refractivity (Wildman–Crippen MR) is 66.0 cm³/mol. The SMILES string of the molecule is Nc1nc2c(Cl)cccc2n1CCOCC(F)(F)F. The molecule has 1 aromatic carbocycles. The largest absolute Gasteiger partial charge is 0.411 e. The lowest BCUT2D eigenvalue weighted by atomic mass is 10.3. The molecule has 0 spiro atoms. The number of hydrogen-bond acceptors (Lipinski definition) is 3. The maximum absolute atomic E-state index is 11.9. The number of alkyl halides is 3. The summed E-state index contributed by atoms with van der Waals surface area (Å²) in [5.74, 6) is 0.193. The van der Waals surface area contributed by atoms with Gasteiger partial charge in [0.25, 0.3) is 0 Å². The van der Waals surface area contributed by atoms with E-state index in [-0.39, 0.29) is 19.1 Å². The smallest absolute Gasteiger partial charge is 0.370 e.